The van der Waals surface area contributed by atoms with Crippen molar-refractivity contribution in [2.24, 2.45) is 0 Å². The topological polar surface area (TPSA) is 0 Å². The van der Waals surface area contributed by atoms with Gasteiger partial charge in [-0.3, -0.25) is 0 Å². The normalized spacial score (nSPS) is 9.20. The van der Waals surface area contributed by atoms with Crippen LogP contribution >= 0.6 is 0 Å². The third kappa shape index (κ3) is 4.07. The Bertz CT molecular complexity index is 581. The van der Waals surface area contributed by atoms with Gasteiger partial charge in [0.25, 0.3) is 0 Å². The van der Waals surface area contributed by atoms with Crippen LogP contribution in [0.15, 0.2) is 78.9 Å². The zero-order valence-electron chi connectivity index (χ0n) is 11.1. The quantitative estimate of drug-likeness (QED) is 0.359. The first-order valence-corrected chi connectivity index (χ1v) is 6.05. The summed E-state index contributed by atoms with van der Waals surface area (Å²) in [5, 5.41) is 0. The second kappa shape index (κ2) is 8.44. The second-order valence-corrected chi connectivity index (χ2v) is 4.24. The van der Waals surface area contributed by atoms with Crippen molar-refractivity contribution in [1.29, 1.82) is 0 Å². The van der Waals surface area contributed by atoms with Crippen LogP contribution in [0.3, 0.4) is 0 Å². The summed E-state index contributed by atoms with van der Waals surface area (Å²) in [6.45, 7) is 0. The van der Waals surface area contributed by atoms with Gasteiger partial charge in [-0.2, -0.15) is 24.3 Å². The first-order chi connectivity index (χ1) is 8.93. The molecule has 0 spiro atoms. The number of rotatable bonds is 2. The van der Waals surface area contributed by atoms with Crippen LogP contribution in [-0.4, -0.2) is 23.1 Å². The van der Waals surface area contributed by atoms with Crippen molar-refractivity contribution in [3.63, 3.8) is 0 Å². The molecule has 0 N–H and O–H groups in total. The first-order valence-electron chi connectivity index (χ1n) is 6.05. The molecule has 20 heavy (non-hydrogen) atoms. The van der Waals surface area contributed by atoms with E-state index in [0.717, 1.165) is 0 Å². The Morgan fingerprint density at radius 1 is 0.550 bits per heavy atom. The predicted molar refractivity (Wildman–Crippen MR) is 81.9 cm³/mol. The zero-order valence-corrected chi connectivity index (χ0v) is 14.7. The Balaban J connectivity index is 0.000001000. The van der Waals surface area contributed by atoms with E-state index in [1.165, 1.54) is 22.3 Å². The molecular weight excluding hydrogens is 367 g/mol. The molecule has 0 aromatic heterocycles. The smallest absolute Gasteiger partial charge is 1.00 e. The van der Waals surface area contributed by atoms with Crippen LogP contribution in [0.5, 0.6) is 0 Å². The van der Waals surface area contributed by atoms with E-state index in [1.807, 2.05) is 24.3 Å². The molecule has 3 aromatic rings. The monoisotopic (exact) mass is 380 g/mol. The van der Waals surface area contributed by atoms with Gasteiger partial charge in [-0.05, 0) is 0 Å². The molecule has 0 unspecified atom stereocenters. The van der Waals surface area contributed by atoms with Gasteiger partial charge in [0.05, 0.1) is 0 Å². The van der Waals surface area contributed by atoms with Gasteiger partial charge in [-0.1, -0.05) is 71.8 Å². The molecule has 0 amide bonds. The van der Waals surface area contributed by atoms with E-state index in [-0.39, 0.29) is 47.0 Å². The van der Waals surface area contributed by atoms with Crippen molar-refractivity contribution in [3.8, 4) is 22.3 Å². The molecule has 2 heteroatoms. The van der Waals surface area contributed by atoms with E-state index >= 15 is 0 Å². The molecule has 0 aliphatic heterocycles. The third-order valence-electron chi connectivity index (χ3n) is 3.00. The predicted octanol–water partition coefficient (Wildman–Crippen LogP) is 1.44. The van der Waals surface area contributed by atoms with Crippen molar-refractivity contribution in [2.75, 3.05) is 0 Å². The van der Waals surface area contributed by atoms with Crippen LogP contribution in [0, 0.1) is 6.07 Å². The van der Waals surface area contributed by atoms with Crippen molar-refractivity contribution in [1.82, 2.24) is 0 Å². The number of hydrogen-bond acceptors (Lipinski definition) is 0. The van der Waals surface area contributed by atoms with Crippen molar-refractivity contribution in [3.05, 3.63) is 84.9 Å². The van der Waals surface area contributed by atoms with Gasteiger partial charge in [0.2, 0.25) is 0 Å². The summed E-state index contributed by atoms with van der Waals surface area (Å²) in [5.41, 5.74) is 4.87. The van der Waals surface area contributed by atoms with E-state index < -0.39 is 0 Å². The average molecular weight is 381 g/mol. The SMILES string of the molecule is [I-].[Mg+2].[c-]1cc(-c2ccccc2)cc(-c2ccccc2)c1. The van der Waals surface area contributed by atoms with Crippen LogP contribution in [0.1, 0.15) is 0 Å². The molecule has 0 heterocycles. The summed E-state index contributed by atoms with van der Waals surface area (Å²) < 4.78 is 0. The van der Waals surface area contributed by atoms with Gasteiger partial charge in [0, 0.05) is 0 Å². The molecule has 0 aliphatic carbocycles. The van der Waals surface area contributed by atoms with Gasteiger partial charge in [-0.15, -0.1) is 11.1 Å². The molecule has 3 rings (SSSR count). The molecule has 0 saturated carbocycles. The number of benzene rings is 3. The Labute approximate surface area is 153 Å². The summed E-state index contributed by atoms with van der Waals surface area (Å²) in [4.78, 5) is 0. The van der Waals surface area contributed by atoms with E-state index in [1.54, 1.807) is 0 Å². The van der Waals surface area contributed by atoms with Crippen LogP contribution in [0.4, 0.5) is 0 Å². The average Bonchev–Trinajstić information content (AvgIpc) is 2.49. The van der Waals surface area contributed by atoms with Gasteiger partial charge in [0.1, 0.15) is 0 Å². The molecule has 0 bridgehead atoms. The zero-order chi connectivity index (χ0) is 12.2. The Morgan fingerprint density at radius 2 is 0.950 bits per heavy atom. The maximum absolute atomic E-state index is 3.23. The van der Waals surface area contributed by atoms with Crippen LogP contribution in [0.25, 0.3) is 22.3 Å². The minimum atomic E-state index is 0. The molecule has 0 radical (unpaired) electrons. The number of halogens is 1. The largest absolute Gasteiger partial charge is 2.00 e. The third-order valence-corrected chi connectivity index (χ3v) is 3.00. The van der Waals surface area contributed by atoms with Gasteiger partial charge >= 0.3 is 23.1 Å². The fourth-order valence-electron chi connectivity index (χ4n) is 2.07. The van der Waals surface area contributed by atoms with Gasteiger partial charge in [0.15, 0.2) is 0 Å². The second-order valence-electron chi connectivity index (χ2n) is 4.24. The Hall–Kier alpha value is -0.844. The van der Waals surface area contributed by atoms with Crippen LogP contribution in [-0.2, 0) is 0 Å². The molecular formula is C18H13IMg. The van der Waals surface area contributed by atoms with Gasteiger partial charge in [-0.25, -0.2) is 0 Å². The minimum absolute atomic E-state index is 0. The van der Waals surface area contributed by atoms with Crippen LogP contribution in [0.2, 0.25) is 0 Å². The molecule has 0 nitrogen and oxygen atoms in total. The molecule has 0 atom stereocenters. The van der Waals surface area contributed by atoms with Gasteiger partial charge < -0.3 is 24.0 Å². The van der Waals surface area contributed by atoms with Crippen molar-refractivity contribution < 1.29 is 24.0 Å². The van der Waals surface area contributed by atoms with E-state index in [9.17, 15) is 0 Å². The summed E-state index contributed by atoms with van der Waals surface area (Å²) >= 11 is 0. The molecule has 0 aliphatic rings. The summed E-state index contributed by atoms with van der Waals surface area (Å²) in [7, 11) is 0. The minimum Gasteiger partial charge on any atom is -1.00 e. The fourth-order valence-corrected chi connectivity index (χ4v) is 2.07. The molecule has 3 aromatic carbocycles. The fraction of sp³-hybridized carbons (Fsp3) is 0. The molecule has 0 saturated heterocycles. The van der Waals surface area contributed by atoms with E-state index in [2.05, 4.69) is 60.7 Å². The summed E-state index contributed by atoms with van der Waals surface area (Å²) in [6, 6.07) is 30.3. The molecule has 94 valence electrons. The number of hydrogen-bond donors (Lipinski definition) is 0. The van der Waals surface area contributed by atoms with E-state index in [0.29, 0.717) is 0 Å². The van der Waals surface area contributed by atoms with Crippen molar-refractivity contribution in [2.45, 2.75) is 0 Å². The van der Waals surface area contributed by atoms with Crippen molar-refractivity contribution >= 4 is 23.1 Å². The standard InChI is InChI=1S/C18H13.HI.Mg/c1-3-8-15(9-4-1)17-12-7-13-18(14-17)16-10-5-2-6-11-16;;/h1-6,8-14H;1H;/q-1;;+2/p-1. The summed E-state index contributed by atoms with van der Waals surface area (Å²) in [5.74, 6) is 0. The van der Waals surface area contributed by atoms with Crippen LogP contribution < -0.4 is 24.0 Å². The Morgan fingerprint density at radius 3 is 1.35 bits per heavy atom. The maximum Gasteiger partial charge on any atom is 2.00 e. The summed E-state index contributed by atoms with van der Waals surface area (Å²) in [6.07, 6.45) is 0. The Kier molecular flexibility index (Phi) is 7.27. The maximum atomic E-state index is 3.23. The van der Waals surface area contributed by atoms with E-state index in [4.69, 9.17) is 0 Å². The molecule has 0 fully saturated rings. The first kappa shape index (κ1) is 17.2.